The van der Waals surface area contributed by atoms with Crippen LogP contribution in [-0.2, 0) is 6.54 Å². The number of thiophene rings is 1. The molecule has 0 radical (unpaired) electrons. The van der Waals surface area contributed by atoms with Gasteiger partial charge >= 0.3 is 0 Å². The van der Waals surface area contributed by atoms with Crippen molar-refractivity contribution in [2.75, 3.05) is 6.54 Å². The second kappa shape index (κ2) is 6.26. The zero-order chi connectivity index (χ0) is 14.7. The first-order valence-electron chi connectivity index (χ1n) is 6.74. The molecular formula is C15H17N3O2S. The summed E-state index contributed by atoms with van der Waals surface area (Å²) in [4.78, 5) is 0. The van der Waals surface area contributed by atoms with Gasteiger partial charge < -0.3 is 14.8 Å². The summed E-state index contributed by atoms with van der Waals surface area (Å²) in [6, 6.07) is 5.78. The molecule has 0 spiro atoms. The number of furan rings is 1. The summed E-state index contributed by atoms with van der Waals surface area (Å²) in [5.41, 5.74) is 2.84. The molecule has 0 aliphatic heterocycles. The minimum atomic E-state index is -0.488. The Morgan fingerprint density at radius 3 is 3.05 bits per heavy atom. The number of aromatic nitrogens is 2. The number of H-pyrrole nitrogens is 1. The van der Waals surface area contributed by atoms with E-state index in [0.717, 1.165) is 28.3 Å². The standard InChI is InChI=1S/C15H17N3O2S/c1-10-2-3-14(20-10)15-12(7-17-18-15)6-16-8-13(19)11-4-5-21-9-11/h2-5,7,9,13,16,19H,6,8H2,1H3,(H,17,18). The molecule has 0 saturated heterocycles. The first-order chi connectivity index (χ1) is 10.2. The summed E-state index contributed by atoms with van der Waals surface area (Å²) in [5.74, 6) is 1.64. The van der Waals surface area contributed by atoms with E-state index in [4.69, 9.17) is 4.42 Å². The Hall–Kier alpha value is -1.89. The highest BCUT2D eigenvalue weighted by Gasteiger charge is 2.12. The first kappa shape index (κ1) is 14.1. The van der Waals surface area contributed by atoms with E-state index in [1.54, 1.807) is 17.5 Å². The van der Waals surface area contributed by atoms with Crippen molar-refractivity contribution < 1.29 is 9.52 Å². The Bertz CT molecular complexity index is 687. The molecule has 0 aliphatic rings. The molecule has 110 valence electrons. The van der Waals surface area contributed by atoms with Crippen LogP contribution in [0.15, 0.2) is 39.6 Å². The molecule has 21 heavy (non-hydrogen) atoms. The normalized spacial score (nSPS) is 12.7. The minimum Gasteiger partial charge on any atom is -0.460 e. The third-order valence-electron chi connectivity index (χ3n) is 3.29. The van der Waals surface area contributed by atoms with Gasteiger partial charge in [0.15, 0.2) is 5.76 Å². The van der Waals surface area contributed by atoms with E-state index >= 15 is 0 Å². The molecule has 1 atom stereocenters. The van der Waals surface area contributed by atoms with E-state index < -0.39 is 6.10 Å². The Morgan fingerprint density at radius 2 is 2.33 bits per heavy atom. The Balaban J connectivity index is 1.60. The number of aliphatic hydroxyl groups excluding tert-OH is 1. The van der Waals surface area contributed by atoms with Gasteiger partial charge in [0.1, 0.15) is 11.5 Å². The van der Waals surface area contributed by atoms with Crippen molar-refractivity contribution >= 4 is 11.3 Å². The second-order valence-corrected chi connectivity index (χ2v) is 5.66. The summed E-state index contributed by atoms with van der Waals surface area (Å²) in [5, 5.41) is 24.2. The summed E-state index contributed by atoms with van der Waals surface area (Å²) in [7, 11) is 0. The van der Waals surface area contributed by atoms with Gasteiger partial charge in [0.25, 0.3) is 0 Å². The van der Waals surface area contributed by atoms with Crippen molar-refractivity contribution in [3.63, 3.8) is 0 Å². The topological polar surface area (TPSA) is 74.1 Å². The first-order valence-corrected chi connectivity index (χ1v) is 7.68. The number of nitrogens with one attached hydrogen (secondary N) is 2. The molecule has 0 aliphatic carbocycles. The van der Waals surface area contributed by atoms with Crippen LogP contribution in [0.25, 0.3) is 11.5 Å². The van der Waals surface area contributed by atoms with Crippen LogP contribution < -0.4 is 5.32 Å². The maximum absolute atomic E-state index is 10.0. The highest BCUT2D eigenvalue weighted by atomic mass is 32.1. The van der Waals surface area contributed by atoms with E-state index in [1.165, 1.54) is 0 Å². The van der Waals surface area contributed by atoms with Crippen molar-refractivity contribution in [2.24, 2.45) is 0 Å². The van der Waals surface area contributed by atoms with Crippen molar-refractivity contribution in [1.29, 1.82) is 0 Å². The largest absolute Gasteiger partial charge is 0.460 e. The molecule has 3 aromatic heterocycles. The SMILES string of the molecule is Cc1ccc(-c2[nH]ncc2CNCC(O)c2ccsc2)o1. The smallest absolute Gasteiger partial charge is 0.152 e. The van der Waals surface area contributed by atoms with Gasteiger partial charge in [0.2, 0.25) is 0 Å². The highest BCUT2D eigenvalue weighted by molar-refractivity contribution is 7.07. The number of aryl methyl sites for hydroxylation is 1. The summed E-state index contributed by atoms with van der Waals surface area (Å²) in [6.07, 6.45) is 1.29. The van der Waals surface area contributed by atoms with Gasteiger partial charge in [-0.25, -0.2) is 0 Å². The predicted molar refractivity (Wildman–Crippen MR) is 82.0 cm³/mol. The lowest BCUT2D eigenvalue weighted by Gasteiger charge is -2.10. The lowest BCUT2D eigenvalue weighted by atomic mass is 10.2. The van der Waals surface area contributed by atoms with Crippen molar-refractivity contribution in [3.05, 3.63) is 52.0 Å². The van der Waals surface area contributed by atoms with Gasteiger partial charge in [0.05, 0.1) is 12.3 Å². The van der Waals surface area contributed by atoms with Crippen molar-refractivity contribution in [2.45, 2.75) is 19.6 Å². The lowest BCUT2D eigenvalue weighted by molar-refractivity contribution is 0.175. The second-order valence-electron chi connectivity index (χ2n) is 4.88. The third-order valence-corrected chi connectivity index (χ3v) is 3.99. The number of nitrogens with zero attached hydrogens (tertiary/aromatic N) is 1. The molecule has 0 saturated carbocycles. The number of hydrogen-bond donors (Lipinski definition) is 3. The fourth-order valence-corrected chi connectivity index (χ4v) is 2.86. The number of hydrogen-bond acceptors (Lipinski definition) is 5. The molecule has 1 unspecified atom stereocenters. The van der Waals surface area contributed by atoms with Gasteiger partial charge in [-0.3, -0.25) is 5.10 Å². The van der Waals surface area contributed by atoms with Gasteiger partial charge in [0, 0.05) is 18.7 Å². The quantitative estimate of drug-likeness (QED) is 0.654. The van der Waals surface area contributed by atoms with E-state index in [-0.39, 0.29) is 0 Å². The van der Waals surface area contributed by atoms with Crippen LogP contribution in [0.2, 0.25) is 0 Å². The maximum atomic E-state index is 10.0. The molecule has 0 amide bonds. The van der Waals surface area contributed by atoms with Crippen LogP contribution in [-0.4, -0.2) is 21.8 Å². The number of aromatic amines is 1. The van der Waals surface area contributed by atoms with Crippen LogP contribution in [0, 0.1) is 6.92 Å². The van der Waals surface area contributed by atoms with E-state index in [2.05, 4.69) is 15.5 Å². The zero-order valence-electron chi connectivity index (χ0n) is 11.7. The molecule has 3 heterocycles. The van der Waals surface area contributed by atoms with Gasteiger partial charge in [-0.15, -0.1) is 0 Å². The minimum absolute atomic E-state index is 0.488. The average molecular weight is 303 g/mol. The molecule has 0 aromatic carbocycles. The fourth-order valence-electron chi connectivity index (χ4n) is 2.15. The Labute approximate surface area is 126 Å². The van der Waals surface area contributed by atoms with Gasteiger partial charge in [-0.05, 0) is 41.4 Å². The average Bonchev–Trinajstić information content (AvgIpc) is 3.19. The molecule has 6 heteroatoms. The maximum Gasteiger partial charge on any atom is 0.152 e. The van der Waals surface area contributed by atoms with Crippen LogP contribution in [0.5, 0.6) is 0 Å². The molecule has 3 N–H and O–H groups in total. The van der Waals surface area contributed by atoms with Crippen LogP contribution in [0.4, 0.5) is 0 Å². The highest BCUT2D eigenvalue weighted by Crippen LogP contribution is 2.23. The monoisotopic (exact) mass is 303 g/mol. The molecular weight excluding hydrogens is 286 g/mol. The van der Waals surface area contributed by atoms with Gasteiger partial charge in [-0.2, -0.15) is 16.4 Å². The van der Waals surface area contributed by atoms with E-state index in [1.807, 2.05) is 35.9 Å². The third kappa shape index (κ3) is 3.24. The Morgan fingerprint density at radius 1 is 1.43 bits per heavy atom. The van der Waals surface area contributed by atoms with Crippen LogP contribution in [0.3, 0.4) is 0 Å². The molecule has 0 fully saturated rings. The van der Waals surface area contributed by atoms with Crippen LogP contribution in [0.1, 0.15) is 23.0 Å². The Kier molecular flexibility index (Phi) is 4.19. The van der Waals surface area contributed by atoms with Gasteiger partial charge in [-0.1, -0.05) is 0 Å². The van der Waals surface area contributed by atoms with Crippen LogP contribution >= 0.6 is 11.3 Å². The van der Waals surface area contributed by atoms with E-state index in [0.29, 0.717) is 13.1 Å². The summed E-state index contributed by atoms with van der Waals surface area (Å²) in [6.45, 7) is 3.03. The predicted octanol–water partition coefficient (Wildman–Crippen LogP) is 2.86. The zero-order valence-corrected chi connectivity index (χ0v) is 12.5. The summed E-state index contributed by atoms with van der Waals surface area (Å²) >= 11 is 1.59. The summed E-state index contributed by atoms with van der Waals surface area (Å²) < 4.78 is 5.61. The molecule has 0 bridgehead atoms. The molecule has 5 nitrogen and oxygen atoms in total. The van der Waals surface area contributed by atoms with E-state index in [9.17, 15) is 5.11 Å². The molecule has 3 aromatic rings. The van der Waals surface area contributed by atoms with Crippen molar-refractivity contribution in [3.8, 4) is 11.5 Å². The fraction of sp³-hybridized carbons (Fsp3) is 0.267. The molecule has 3 rings (SSSR count). The number of rotatable bonds is 6. The lowest BCUT2D eigenvalue weighted by Crippen LogP contribution is -2.20. The number of aliphatic hydroxyl groups is 1. The van der Waals surface area contributed by atoms with Crippen molar-refractivity contribution in [1.82, 2.24) is 15.5 Å².